The molecule has 0 aliphatic rings. The minimum Gasteiger partial charge on any atom is -0.393 e. The highest BCUT2D eigenvalue weighted by Gasteiger charge is 2.05. The van der Waals surface area contributed by atoms with Gasteiger partial charge in [0.25, 0.3) is 0 Å². The summed E-state index contributed by atoms with van der Waals surface area (Å²) >= 11 is 4.72. The van der Waals surface area contributed by atoms with Crippen molar-refractivity contribution in [3.05, 3.63) is 29.3 Å². The van der Waals surface area contributed by atoms with E-state index in [0.29, 0.717) is 17.8 Å². The first-order valence-electron chi connectivity index (χ1n) is 5.14. The third kappa shape index (κ3) is 3.98. The summed E-state index contributed by atoms with van der Waals surface area (Å²) in [5.41, 5.74) is 8.42. The Bertz CT molecular complexity index is 415. The van der Waals surface area contributed by atoms with Crippen LogP contribution in [0.4, 0.5) is 5.69 Å². The first kappa shape index (κ1) is 12.6. The van der Waals surface area contributed by atoms with E-state index in [0.717, 1.165) is 11.3 Å². The molecule has 0 unspecified atom stereocenters. The standard InChI is InChI=1S/C12H16N2OS/c1-8-3-4-10(9(2)7-8)14-12(15)6-5-11(13)16/h3-4,7H,5-6H2,1-2H3,(H2,13,16)(H,14,15). The molecule has 3 N–H and O–H groups in total. The summed E-state index contributed by atoms with van der Waals surface area (Å²) < 4.78 is 0. The minimum absolute atomic E-state index is 0.0558. The molecule has 0 aliphatic carbocycles. The molecule has 0 aliphatic heterocycles. The maximum atomic E-state index is 11.5. The lowest BCUT2D eigenvalue weighted by Gasteiger charge is -2.08. The van der Waals surface area contributed by atoms with Gasteiger partial charge in [-0.2, -0.15) is 0 Å². The van der Waals surface area contributed by atoms with Gasteiger partial charge in [0, 0.05) is 18.5 Å². The fraction of sp³-hybridized carbons (Fsp3) is 0.333. The maximum absolute atomic E-state index is 11.5. The number of rotatable bonds is 4. The Morgan fingerprint density at radius 3 is 2.62 bits per heavy atom. The van der Waals surface area contributed by atoms with Crippen LogP contribution >= 0.6 is 12.2 Å². The third-order valence-corrected chi connectivity index (χ3v) is 2.46. The number of anilines is 1. The lowest BCUT2D eigenvalue weighted by Crippen LogP contribution is -2.16. The molecule has 86 valence electrons. The van der Waals surface area contributed by atoms with Crippen molar-refractivity contribution in [2.75, 3.05) is 5.32 Å². The number of hydrogen-bond acceptors (Lipinski definition) is 2. The molecule has 0 spiro atoms. The second kappa shape index (κ2) is 5.61. The van der Waals surface area contributed by atoms with Crippen LogP contribution in [0.2, 0.25) is 0 Å². The Balaban J connectivity index is 2.59. The zero-order valence-corrected chi connectivity index (χ0v) is 10.4. The van der Waals surface area contributed by atoms with Crippen molar-refractivity contribution >= 4 is 28.8 Å². The Morgan fingerprint density at radius 1 is 1.38 bits per heavy atom. The SMILES string of the molecule is Cc1ccc(NC(=O)CCC(N)=S)c(C)c1. The number of nitrogens with two attached hydrogens (primary N) is 1. The summed E-state index contributed by atoms with van der Waals surface area (Å²) in [6, 6.07) is 5.91. The zero-order chi connectivity index (χ0) is 12.1. The third-order valence-electron chi connectivity index (χ3n) is 2.25. The first-order chi connectivity index (χ1) is 7.49. The minimum atomic E-state index is -0.0558. The molecule has 1 aromatic rings. The first-order valence-corrected chi connectivity index (χ1v) is 5.55. The summed E-state index contributed by atoms with van der Waals surface area (Å²) in [5.74, 6) is -0.0558. The molecule has 1 aromatic carbocycles. The van der Waals surface area contributed by atoms with Gasteiger partial charge >= 0.3 is 0 Å². The molecular formula is C12H16N2OS. The molecule has 0 bridgehead atoms. The van der Waals surface area contributed by atoms with Gasteiger partial charge in [-0.25, -0.2) is 0 Å². The molecule has 0 fully saturated rings. The van der Waals surface area contributed by atoms with Crippen LogP contribution in [0.5, 0.6) is 0 Å². The van der Waals surface area contributed by atoms with Crippen LogP contribution in [-0.4, -0.2) is 10.9 Å². The monoisotopic (exact) mass is 236 g/mol. The van der Waals surface area contributed by atoms with E-state index in [4.69, 9.17) is 18.0 Å². The molecule has 0 saturated carbocycles. The lowest BCUT2D eigenvalue weighted by molar-refractivity contribution is -0.116. The largest absolute Gasteiger partial charge is 0.393 e. The number of carbonyl (C=O) groups is 1. The number of thiocarbonyl (C=S) groups is 1. The number of hydrogen-bond donors (Lipinski definition) is 2. The molecule has 1 amide bonds. The molecule has 1 rings (SSSR count). The molecular weight excluding hydrogens is 220 g/mol. The van der Waals surface area contributed by atoms with E-state index in [1.807, 2.05) is 32.0 Å². The maximum Gasteiger partial charge on any atom is 0.224 e. The predicted octanol–water partition coefficient (Wildman–Crippen LogP) is 2.31. The zero-order valence-electron chi connectivity index (χ0n) is 9.54. The quantitative estimate of drug-likeness (QED) is 0.789. The summed E-state index contributed by atoms with van der Waals surface area (Å²) in [6.45, 7) is 3.99. The number of aryl methyl sites for hydroxylation is 2. The van der Waals surface area contributed by atoms with Crippen molar-refractivity contribution in [3.8, 4) is 0 Å². The number of amides is 1. The van der Waals surface area contributed by atoms with Crippen molar-refractivity contribution < 1.29 is 4.79 Å². The summed E-state index contributed by atoms with van der Waals surface area (Å²) in [7, 11) is 0. The highest BCUT2D eigenvalue weighted by molar-refractivity contribution is 7.80. The Hall–Kier alpha value is -1.42. The smallest absolute Gasteiger partial charge is 0.224 e. The van der Waals surface area contributed by atoms with Crippen LogP contribution in [0, 0.1) is 13.8 Å². The average Bonchev–Trinajstić information content (AvgIpc) is 2.19. The van der Waals surface area contributed by atoms with Gasteiger partial charge in [-0.1, -0.05) is 29.9 Å². The number of benzene rings is 1. The normalized spacial score (nSPS) is 9.88. The van der Waals surface area contributed by atoms with Crippen molar-refractivity contribution in [1.82, 2.24) is 0 Å². The van der Waals surface area contributed by atoms with Gasteiger partial charge in [-0.15, -0.1) is 0 Å². The highest BCUT2D eigenvalue weighted by atomic mass is 32.1. The Labute approximate surface area is 101 Å². The Morgan fingerprint density at radius 2 is 2.06 bits per heavy atom. The number of nitrogens with one attached hydrogen (secondary N) is 1. The van der Waals surface area contributed by atoms with E-state index in [1.165, 1.54) is 5.56 Å². The van der Waals surface area contributed by atoms with E-state index in [-0.39, 0.29) is 5.91 Å². The fourth-order valence-electron chi connectivity index (χ4n) is 1.40. The van der Waals surface area contributed by atoms with E-state index >= 15 is 0 Å². The van der Waals surface area contributed by atoms with E-state index < -0.39 is 0 Å². The van der Waals surface area contributed by atoms with Crippen molar-refractivity contribution in [2.24, 2.45) is 5.73 Å². The van der Waals surface area contributed by atoms with Crippen molar-refractivity contribution in [3.63, 3.8) is 0 Å². The molecule has 0 saturated heterocycles. The van der Waals surface area contributed by atoms with Gasteiger partial charge in [-0.05, 0) is 25.5 Å². The highest BCUT2D eigenvalue weighted by Crippen LogP contribution is 2.16. The molecule has 3 nitrogen and oxygen atoms in total. The molecule has 0 radical (unpaired) electrons. The van der Waals surface area contributed by atoms with Crippen LogP contribution in [0.25, 0.3) is 0 Å². The van der Waals surface area contributed by atoms with Crippen molar-refractivity contribution in [2.45, 2.75) is 26.7 Å². The van der Waals surface area contributed by atoms with Crippen LogP contribution in [0.1, 0.15) is 24.0 Å². The second-order valence-electron chi connectivity index (χ2n) is 3.83. The second-order valence-corrected chi connectivity index (χ2v) is 4.36. The van der Waals surface area contributed by atoms with Crippen LogP contribution in [0.3, 0.4) is 0 Å². The Kier molecular flexibility index (Phi) is 4.43. The van der Waals surface area contributed by atoms with E-state index in [1.54, 1.807) is 0 Å². The molecule has 16 heavy (non-hydrogen) atoms. The molecule has 0 atom stereocenters. The van der Waals surface area contributed by atoms with Gasteiger partial charge in [0.05, 0.1) is 4.99 Å². The van der Waals surface area contributed by atoms with Crippen LogP contribution in [-0.2, 0) is 4.79 Å². The van der Waals surface area contributed by atoms with Gasteiger partial charge in [0.15, 0.2) is 0 Å². The summed E-state index contributed by atoms with van der Waals surface area (Å²) in [4.78, 5) is 11.9. The van der Waals surface area contributed by atoms with Gasteiger partial charge < -0.3 is 11.1 Å². The lowest BCUT2D eigenvalue weighted by atomic mass is 10.1. The van der Waals surface area contributed by atoms with Crippen LogP contribution < -0.4 is 11.1 Å². The molecule has 0 heterocycles. The van der Waals surface area contributed by atoms with Gasteiger partial charge in [0.2, 0.25) is 5.91 Å². The summed E-state index contributed by atoms with van der Waals surface area (Å²) in [6.07, 6.45) is 0.786. The molecule has 4 heteroatoms. The molecule has 0 aromatic heterocycles. The van der Waals surface area contributed by atoms with E-state index in [2.05, 4.69) is 5.32 Å². The van der Waals surface area contributed by atoms with Crippen molar-refractivity contribution in [1.29, 1.82) is 0 Å². The topological polar surface area (TPSA) is 55.1 Å². The summed E-state index contributed by atoms with van der Waals surface area (Å²) in [5, 5.41) is 2.84. The number of carbonyl (C=O) groups excluding carboxylic acids is 1. The van der Waals surface area contributed by atoms with E-state index in [9.17, 15) is 4.79 Å². The average molecular weight is 236 g/mol. The predicted molar refractivity (Wildman–Crippen MR) is 70.6 cm³/mol. The van der Waals surface area contributed by atoms with Gasteiger partial charge in [-0.3, -0.25) is 4.79 Å². The van der Waals surface area contributed by atoms with Gasteiger partial charge in [0.1, 0.15) is 0 Å². The fourth-order valence-corrected chi connectivity index (χ4v) is 1.51. The van der Waals surface area contributed by atoms with Crippen LogP contribution in [0.15, 0.2) is 18.2 Å².